The zero-order valence-corrected chi connectivity index (χ0v) is 20.8. The van der Waals surface area contributed by atoms with Crippen molar-refractivity contribution in [2.45, 2.75) is 18.6 Å². The predicted octanol–water partition coefficient (Wildman–Crippen LogP) is 4.65. The minimum Gasteiger partial charge on any atom is -0.495 e. The van der Waals surface area contributed by atoms with Gasteiger partial charge >= 0.3 is 5.97 Å². The summed E-state index contributed by atoms with van der Waals surface area (Å²) in [6.07, 6.45) is -1.66. The van der Waals surface area contributed by atoms with Crippen molar-refractivity contribution in [1.29, 1.82) is 0 Å². The number of aromatic nitrogens is 2. The summed E-state index contributed by atoms with van der Waals surface area (Å²) in [4.78, 5) is 26.5. The topological polar surface area (TPSA) is 111 Å². The highest BCUT2D eigenvalue weighted by Gasteiger charge is 2.50. The number of carboxylic acid groups (broad SMARTS) is 1. The van der Waals surface area contributed by atoms with Gasteiger partial charge in [0, 0.05) is 16.7 Å². The van der Waals surface area contributed by atoms with Crippen molar-refractivity contribution in [3.05, 3.63) is 118 Å². The smallest absolute Gasteiger partial charge is 0.348 e. The van der Waals surface area contributed by atoms with Gasteiger partial charge in [-0.2, -0.15) is 0 Å². The molecule has 0 aliphatic carbocycles. The second-order valence-electron chi connectivity index (χ2n) is 8.17. The molecule has 1 aromatic heterocycles. The molecule has 1 heterocycles. The molecule has 0 bridgehead atoms. The molecule has 3 aromatic carbocycles. The summed E-state index contributed by atoms with van der Waals surface area (Å²) in [7, 11) is 1.47. The fraction of sp³-hybridized carbons (Fsp3) is 0.143. The number of aliphatic carboxylic acids is 1. The molecule has 4 aromatic rings. The van der Waals surface area contributed by atoms with Crippen molar-refractivity contribution in [2.24, 2.45) is 0 Å². The summed E-state index contributed by atoms with van der Waals surface area (Å²) < 4.78 is 11.3. The first-order valence-corrected chi connectivity index (χ1v) is 11.7. The average molecular weight is 518 g/mol. The molecule has 0 saturated carbocycles. The average Bonchev–Trinajstić information content (AvgIpc) is 2.92. The zero-order chi connectivity index (χ0) is 26.4. The van der Waals surface area contributed by atoms with Gasteiger partial charge in [0.2, 0.25) is 12.0 Å². The van der Waals surface area contributed by atoms with Gasteiger partial charge in [-0.05, 0) is 42.3 Å². The van der Waals surface area contributed by atoms with E-state index in [2.05, 4.69) is 15.5 Å². The molecular weight excluding hydrogens is 494 g/mol. The zero-order valence-electron chi connectivity index (χ0n) is 20.1. The molecule has 1 unspecified atom stereocenters. The highest BCUT2D eigenvalue weighted by atomic mass is 35.5. The van der Waals surface area contributed by atoms with Crippen LogP contribution in [0.3, 0.4) is 0 Å². The monoisotopic (exact) mass is 517 g/mol. The third-order valence-electron chi connectivity index (χ3n) is 5.86. The van der Waals surface area contributed by atoms with Crippen LogP contribution >= 0.6 is 11.6 Å². The summed E-state index contributed by atoms with van der Waals surface area (Å²) in [5.41, 5.74) is 0.104. The Morgan fingerprint density at radius 3 is 2.00 bits per heavy atom. The number of carbonyl (C=O) groups is 2. The van der Waals surface area contributed by atoms with Gasteiger partial charge in [-0.25, -0.2) is 4.79 Å². The Kier molecular flexibility index (Phi) is 7.69. The van der Waals surface area contributed by atoms with Gasteiger partial charge in [0.1, 0.15) is 17.0 Å². The van der Waals surface area contributed by atoms with E-state index in [1.807, 2.05) is 0 Å². The molecule has 8 nitrogen and oxygen atoms in total. The number of hydrogen-bond donors (Lipinski definition) is 2. The number of aryl methyl sites for hydroxylation is 1. The number of nitrogens with zero attached hydrogens (tertiary/aromatic N) is 2. The molecular formula is C28H24ClN3O5. The Labute approximate surface area is 218 Å². The summed E-state index contributed by atoms with van der Waals surface area (Å²) in [5.74, 6) is -1.55. The third-order valence-corrected chi connectivity index (χ3v) is 6.11. The quantitative estimate of drug-likeness (QED) is 0.332. The number of carboxylic acids is 1. The second-order valence-corrected chi connectivity index (χ2v) is 8.61. The van der Waals surface area contributed by atoms with E-state index in [-0.39, 0.29) is 5.88 Å². The van der Waals surface area contributed by atoms with Crippen molar-refractivity contribution in [2.75, 3.05) is 7.11 Å². The van der Waals surface area contributed by atoms with E-state index in [1.165, 1.54) is 13.2 Å². The highest BCUT2D eigenvalue weighted by molar-refractivity contribution is 6.30. The normalized spacial score (nSPS) is 11.9. The molecule has 0 saturated heterocycles. The van der Waals surface area contributed by atoms with E-state index in [0.29, 0.717) is 33.2 Å². The number of halogens is 1. The molecule has 37 heavy (non-hydrogen) atoms. The first-order chi connectivity index (χ1) is 17.8. The van der Waals surface area contributed by atoms with Crippen LogP contribution in [0.25, 0.3) is 0 Å². The lowest BCUT2D eigenvalue weighted by molar-refractivity contribution is -0.148. The molecule has 4 rings (SSSR count). The maximum atomic E-state index is 13.6. The number of nitrogens with one attached hydrogen (secondary N) is 1. The van der Waals surface area contributed by atoms with Crippen LogP contribution in [0.15, 0.2) is 91.0 Å². The molecule has 2 N–H and O–H groups in total. The lowest BCUT2D eigenvalue weighted by Gasteiger charge is -2.40. The van der Waals surface area contributed by atoms with Gasteiger partial charge in [-0.3, -0.25) is 4.79 Å². The largest absolute Gasteiger partial charge is 0.495 e. The van der Waals surface area contributed by atoms with Crippen LogP contribution in [-0.2, 0) is 10.3 Å². The van der Waals surface area contributed by atoms with Crippen molar-refractivity contribution in [3.63, 3.8) is 0 Å². The van der Waals surface area contributed by atoms with Crippen molar-refractivity contribution in [3.8, 4) is 11.6 Å². The summed E-state index contributed by atoms with van der Waals surface area (Å²) in [5, 5.41) is 22.0. The van der Waals surface area contributed by atoms with E-state index >= 15 is 0 Å². The van der Waals surface area contributed by atoms with E-state index in [4.69, 9.17) is 21.1 Å². The first kappa shape index (κ1) is 25.7. The Morgan fingerprint density at radius 1 is 0.919 bits per heavy atom. The number of ether oxygens (including phenoxy) is 2. The number of methoxy groups -OCH3 is 1. The van der Waals surface area contributed by atoms with E-state index < -0.39 is 23.5 Å². The molecule has 188 valence electrons. The van der Waals surface area contributed by atoms with Crippen LogP contribution in [0, 0.1) is 6.92 Å². The van der Waals surface area contributed by atoms with Crippen LogP contribution in [0.1, 0.15) is 27.2 Å². The number of benzene rings is 3. The number of rotatable bonds is 9. The van der Waals surface area contributed by atoms with Gasteiger partial charge in [0.05, 0.1) is 7.11 Å². The fourth-order valence-electron chi connectivity index (χ4n) is 4.06. The van der Waals surface area contributed by atoms with Gasteiger partial charge in [0.25, 0.3) is 5.91 Å². The van der Waals surface area contributed by atoms with Crippen molar-refractivity contribution < 1.29 is 24.2 Å². The lowest BCUT2D eigenvalue weighted by Crippen LogP contribution is -2.59. The Hall–Kier alpha value is -4.43. The van der Waals surface area contributed by atoms with Crippen LogP contribution < -0.4 is 14.8 Å². The van der Waals surface area contributed by atoms with Gasteiger partial charge in [0.15, 0.2) is 0 Å². The SMILES string of the molecule is COc1cc(OC(C(=O)O)C(NC(=O)c2ccc(Cl)cc2)(c2ccccc2)c2ccccc2)nnc1C. The minimum atomic E-state index is -1.68. The van der Waals surface area contributed by atoms with Crippen LogP contribution in [0.2, 0.25) is 5.02 Å². The molecule has 0 fully saturated rings. The summed E-state index contributed by atoms with van der Waals surface area (Å²) in [6, 6.07) is 25.3. The van der Waals surface area contributed by atoms with Gasteiger partial charge in [-0.15, -0.1) is 10.2 Å². The van der Waals surface area contributed by atoms with E-state index in [1.54, 1.807) is 91.9 Å². The summed E-state index contributed by atoms with van der Waals surface area (Å²) in [6.45, 7) is 1.70. The molecule has 1 amide bonds. The molecule has 0 spiro atoms. The highest BCUT2D eigenvalue weighted by Crippen LogP contribution is 2.36. The second kappa shape index (κ2) is 11.1. The van der Waals surface area contributed by atoms with E-state index in [0.717, 1.165) is 0 Å². The number of hydrogen-bond acceptors (Lipinski definition) is 6. The predicted molar refractivity (Wildman–Crippen MR) is 138 cm³/mol. The van der Waals surface area contributed by atoms with Crippen molar-refractivity contribution in [1.82, 2.24) is 15.5 Å². The molecule has 0 radical (unpaired) electrons. The van der Waals surface area contributed by atoms with Crippen LogP contribution in [0.4, 0.5) is 0 Å². The van der Waals surface area contributed by atoms with E-state index in [9.17, 15) is 14.7 Å². The fourth-order valence-corrected chi connectivity index (χ4v) is 4.19. The van der Waals surface area contributed by atoms with Crippen LogP contribution in [0.5, 0.6) is 11.6 Å². The Bertz CT molecular complexity index is 1340. The number of amides is 1. The Balaban J connectivity index is 1.92. The van der Waals surface area contributed by atoms with Gasteiger partial charge in [-0.1, -0.05) is 72.3 Å². The number of carbonyl (C=O) groups excluding carboxylic acids is 1. The maximum absolute atomic E-state index is 13.6. The van der Waals surface area contributed by atoms with Gasteiger partial charge < -0.3 is 19.9 Å². The third kappa shape index (κ3) is 5.39. The van der Waals surface area contributed by atoms with Crippen LogP contribution in [-0.4, -0.2) is 40.4 Å². The van der Waals surface area contributed by atoms with Crippen molar-refractivity contribution >= 4 is 23.5 Å². The first-order valence-electron chi connectivity index (χ1n) is 11.3. The minimum absolute atomic E-state index is 0.0770. The molecule has 0 aliphatic rings. The molecule has 0 aliphatic heterocycles. The molecule has 1 atom stereocenters. The molecule has 9 heteroatoms. The lowest BCUT2D eigenvalue weighted by atomic mass is 9.77. The maximum Gasteiger partial charge on any atom is 0.348 e. The Morgan fingerprint density at radius 2 is 1.49 bits per heavy atom. The standard InChI is InChI=1S/C28H24ClN3O5/c1-18-23(36-2)17-24(32-31-18)37-25(27(34)35)28(20-9-5-3-6-10-20,21-11-7-4-8-12-21)30-26(33)19-13-15-22(29)16-14-19/h3-17,25H,1-2H3,(H,30,33)(H,34,35). The summed E-state index contributed by atoms with van der Waals surface area (Å²) >= 11 is 6.01.